The van der Waals surface area contributed by atoms with Crippen LogP contribution in [-0.4, -0.2) is 27.0 Å². The van der Waals surface area contributed by atoms with Gasteiger partial charge in [-0.2, -0.15) is 10.2 Å². The summed E-state index contributed by atoms with van der Waals surface area (Å²) in [4.78, 5) is 4.40. The lowest BCUT2D eigenvalue weighted by Gasteiger charge is -2.12. The fourth-order valence-electron chi connectivity index (χ4n) is 3.85. The molecule has 7 nitrogen and oxygen atoms in total. The van der Waals surface area contributed by atoms with Crippen molar-refractivity contribution < 1.29 is 4.74 Å². The summed E-state index contributed by atoms with van der Waals surface area (Å²) in [5, 5.41) is 19.2. The molecule has 0 saturated carbocycles. The monoisotopic (exact) mass is 454 g/mol. The summed E-state index contributed by atoms with van der Waals surface area (Å²) in [6, 6.07) is 14.6. The fourth-order valence-corrected chi connectivity index (χ4v) is 4.77. The fraction of sp³-hybridized carbons (Fsp3) is 0.240. The van der Waals surface area contributed by atoms with Crippen molar-refractivity contribution in [1.29, 1.82) is 0 Å². The van der Waals surface area contributed by atoms with Crippen LogP contribution in [0.5, 0.6) is 5.75 Å². The number of nitrogens with zero attached hydrogens (tertiary/aromatic N) is 6. The van der Waals surface area contributed by atoms with Crippen molar-refractivity contribution >= 4 is 27.1 Å². The number of hydrogen-bond donors (Lipinski definition) is 0. The van der Waals surface area contributed by atoms with E-state index < -0.39 is 0 Å². The van der Waals surface area contributed by atoms with Crippen LogP contribution in [0.15, 0.2) is 69.6 Å². The minimum atomic E-state index is 0.0753. The van der Waals surface area contributed by atoms with Crippen molar-refractivity contribution in [2.75, 3.05) is 6.54 Å². The van der Waals surface area contributed by atoms with E-state index >= 15 is 0 Å². The Morgan fingerprint density at radius 2 is 2.06 bits per heavy atom. The minimum Gasteiger partial charge on any atom is -0.489 e. The molecule has 4 aromatic rings. The lowest BCUT2D eigenvalue weighted by molar-refractivity contribution is 0.306. The van der Waals surface area contributed by atoms with Gasteiger partial charge in [-0.3, -0.25) is 0 Å². The van der Waals surface area contributed by atoms with Crippen molar-refractivity contribution in [3.63, 3.8) is 0 Å². The number of rotatable bonds is 7. The zero-order valence-electron chi connectivity index (χ0n) is 18.4. The van der Waals surface area contributed by atoms with Crippen molar-refractivity contribution in [2.45, 2.75) is 25.9 Å². The zero-order valence-corrected chi connectivity index (χ0v) is 19.2. The summed E-state index contributed by atoms with van der Waals surface area (Å²) >= 11 is 1.71. The molecule has 0 radical (unpaired) electrons. The van der Waals surface area contributed by atoms with Gasteiger partial charge in [0, 0.05) is 34.5 Å². The second-order valence-electron chi connectivity index (χ2n) is 7.75. The first-order valence-corrected chi connectivity index (χ1v) is 11.5. The van der Waals surface area contributed by atoms with Gasteiger partial charge < -0.3 is 4.74 Å². The number of hydrogen-bond acceptors (Lipinski definition) is 7. The highest BCUT2D eigenvalue weighted by Gasteiger charge is 2.15. The number of fused-ring (bicyclic) bond motifs is 1. The second kappa shape index (κ2) is 9.35. The molecule has 33 heavy (non-hydrogen) atoms. The van der Waals surface area contributed by atoms with Crippen molar-refractivity contribution in [2.24, 2.45) is 22.5 Å². The summed E-state index contributed by atoms with van der Waals surface area (Å²) in [5.74, 6) is 8.06. The van der Waals surface area contributed by atoms with E-state index in [-0.39, 0.29) is 5.92 Å². The van der Waals surface area contributed by atoms with E-state index in [9.17, 15) is 0 Å². The van der Waals surface area contributed by atoms with Gasteiger partial charge in [-0.1, -0.05) is 24.1 Å². The molecule has 8 heteroatoms. The molecule has 0 spiro atoms. The predicted molar refractivity (Wildman–Crippen MR) is 131 cm³/mol. The highest BCUT2D eigenvalue weighted by atomic mass is 32.1. The Morgan fingerprint density at radius 3 is 2.79 bits per heavy atom. The molecule has 1 atom stereocenters. The van der Waals surface area contributed by atoms with Crippen molar-refractivity contribution in [3.05, 3.63) is 65.3 Å². The first-order valence-electron chi connectivity index (χ1n) is 10.6. The number of ether oxygens (including phenoxy) is 1. The van der Waals surface area contributed by atoms with Crippen LogP contribution in [0.3, 0.4) is 0 Å². The molecule has 164 valence electrons. The third-order valence-corrected chi connectivity index (χ3v) is 6.50. The predicted octanol–water partition coefficient (Wildman–Crippen LogP) is 5.59. The molecule has 0 N–H and O–H groups in total. The van der Waals surface area contributed by atoms with Gasteiger partial charge in [0.15, 0.2) is 5.82 Å². The van der Waals surface area contributed by atoms with E-state index in [0.29, 0.717) is 13.2 Å². The van der Waals surface area contributed by atoms with Gasteiger partial charge in [-0.05, 0) is 47.5 Å². The molecule has 1 aliphatic heterocycles. The number of benzene rings is 2. The van der Waals surface area contributed by atoms with Gasteiger partial charge in [-0.15, -0.1) is 22.4 Å². The maximum absolute atomic E-state index is 6.08. The highest BCUT2D eigenvalue weighted by Crippen LogP contribution is 2.33. The molecule has 2 aromatic heterocycles. The quantitative estimate of drug-likeness (QED) is 0.341. The Labute approximate surface area is 195 Å². The van der Waals surface area contributed by atoms with E-state index in [0.717, 1.165) is 40.4 Å². The Hall–Kier alpha value is -3.83. The second-order valence-corrected chi connectivity index (χ2v) is 8.66. The SMILES string of the molecule is CC#C[C@@H](CC1=NN=NC1)c1ccc(OCc2ccc3scc(-c4ncnn4C)c3c2)cc1. The van der Waals surface area contributed by atoms with Crippen LogP contribution in [0.1, 0.15) is 30.4 Å². The van der Waals surface area contributed by atoms with E-state index in [1.807, 2.05) is 26.1 Å². The van der Waals surface area contributed by atoms with E-state index in [1.54, 1.807) is 22.3 Å². The molecule has 0 aliphatic carbocycles. The molecule has 0 unspecified atom stereocenters. The average Bonchev–Trinajstić information content (AvgIpc) is 3.59. The molecule has 0 fully saturated rings. The van der Waals surface area contributed by atoms with E-state index in [1.165, 1.54) is 10.1 Å². The summed E-state index contributed by atoms with van der Waals surface area (Å²) in [6.45, 7) is 2.91. The Bertz CT molecular complexity index is 1400. The maximum atomic E-state index is 6.08. The molecule has 1 aliphatic rings. The molecule has 2 aromatic carbocycles. The van der Waals surface area contributed by atoms with E-state index in [4.69, 9.17) is 4.74 Å². The Morgan fingerprint density at radius 1 is 1.18 bits per heavy atom. The van der Waals surface area contributed by atoms with Crippen LogP contribution >= 0.6 is 11.3 Å². The summed E-state index contributed by atoms with van der Waals surface area (Å²) < 4.78 is 9.10. The number of aryl methyl sites for hydroxylation is 1. The first kappa shape index (κ1) is 21.0. The topological polar surface area (TPSA) is 77.0 Å². The van der Waals surface area contributed by atoms with Crippen LogP contribution in [0.2, 0.25) is 0 Å². The van der Waals surface area contributed by atoms with Crippen LogP contribution in [0.4, 0.5) is 0 Å². The summed E-state index contributed by atoms with van der Waals surface area (Å²) in [7, 11) is 1.91. The normalized spacial score (nSPS) is 13.6. The lowest BCUT2D eigenvalue weighted by Crippen LogP contribution is -2.07. The lowest BCUT2D eigenvalue weighted by atomic mass is 9.94. The Kier molecular flexibility index (Phi) is 5.96. The van der Waals surface area contributed by atoms with Gasteiger partial charge >= 0.3 is 0 Å². The van der Waals surface area contributed by atoms with Crippen molar-refractivity contribution in [3.8, 4) is 29.0 Å². The average molecular weight is 455 g/mol. The minimum absolute atomic E-state index is 0.0753. The largest absolute Gasteiger partial charge is 0.489 e. The summed E-state index contributed by atoms with van der Waals surface area (Å²) in [5.41, 5.74) is 4.30. The number of aromatic nitrogens is 3. The molecular formula is C25H22N6OS. The molecule has 3 heterocycles. The van der Waals surface area contributed by atoms with Crippen LogP contribution < -0.4 is 4.74 Å². The molecule has 0 saturated heterocycles. The maximum Gasteiger partial charge on any atom is 0.159 e. The van der Waals surface area contributed by atoms with Gasteiger partial charge in [-0.25, -0.2) is 9.67 Å². The molecule has 5 rings (SSSR count). The van der Waals surface area contributed by atoms with Crippen LogP contribution in [0, 0.1) is 11.8 Å². The van der Waals surface area contributed by atoms with Gasteiger partial charge in [0.1, 0.15) is 25.2 Å². The first-order chi connectivity index (χ1) is 16.2. The Balaban J connectivity index is 1.29. The van der Waals surface area contributed by atoms with Crippen molar-refractivity contribution in [1.82, 2.24) is 14.8 Å². The summed E-state index contributed by atoms with van der Waals surface area (Å²) in [6.07, 6.45) is 2.32. The third-order valence-electron chi connectivity index (χ3n) is 5.54. The van der Waals surface area contributed by atoms with Gasteiger partial charge in [0.2, 0.25) is 0 Å². The third kappa shape index (κ3) is 4.54. The highest BCUT2D eigenvalue weighted by molar-refractivity contribution is 7.17. The van der Waals surface area contributed by atoms with Crippen LogP contribution in [-0.2, 0) is 13.7 Å². The smallest absolute Gasteiger partial charge is 0.159 e. The number of thiophene rings is 1. The van der Waals surface area contributed by atoms with E-state index in [2.05, 4.69) is 73.1 Å². The molecular weight excluding hydrogens is 432 g/mol. The molecule has 0 amide bonds. The standard InChI is InChI=1S/C25H22N6OS/c1-3-4-19(12-20-13-27-30-29-20)18-6-8-21(9-7-18)32-14-17-5-10-24-22(11-17)23(15-33-24)25-26-16-28-31(25)2/h5-11,15-16,19H,12-14H2,1-2H3/t19-/m0/s1. The molecule has 0 bridgehead atoms. The van der Waals surface area contributed by atoms with Gasteiger partial charge in [0.25, 0.3) is 0 Å². The van der Waals surface area contributed by atoms with Gasteiger partial charge in [0.05, 0.1) is 11.6 Å². The van der Waals surface area contributed by atoms with Crippen LogP contribution in [0.25, 0.3) is 21.5 Å². The zero-order chi connectivity index (χ0) is 22.6.